The summed E-state index contributed by atoms with van der Waals surface area (Å²) < 4.78 is 6.10. The second-order valence-electron chi connectivity index (χ2n) is 7.80. The number of aromatic nitrogens is 1. The summed E-state index contributed by atoms with van der Waals surface area (Å²) in [6.07, 6.45) is 4.48. The summed E-state index contributed by atoms with van der Waals surface area (Å²) in [5, 5.41) is 10.1. The van der Waals surface area contributed by atoms with Gasteiger partial charge in [0.25, 0.3) is 0 Å². The molecule has 0 radical (unpaired) electrons. The highest BCUT2D eigenvalue weighted by atomic mass is 35.5. The van der Waals surface area contributed by atoms with Gasteiger partial charge in [0.1, 0.15) is 6.10 Å². The molecular formula is C25H27ClN2O2. The first-order valence-electron chi connectivity index (χ1n) is 10.5. The van der Waals surface area contributed by atoms with Crippen LogP contribution < -0.4 is 9.64 Å². The summed E-state index contributed by atoms with van der Waals surface area (Å²) in [6, 6.07) is 18.4. The molecule has 1 saturated heterocycles. The predicted octanol–water partition coefficient (Wildman–Crippen LogP) is 5.29. The van der Waals surface area contributed by atoms with E-state index in [-0.39, 0.29) is 12.7 Å². The average molecular weight is 423 g/mol. The molecular weight excluding hydrogens is 396 g/mol. The van der Waals surface area contributed by atoms with Crippen LogP contribution in [0.1, 0.15) is 24.0 Å². The van der Waals surface area contributed by atoms with Gasteiger partial charge in [-0.3, -0.25) is 0 Å². The van der Waals surface area contributed by atoms with Gasteiger partial charge in [0.2, 0.25) is 5.88 Å². The fourth-order valence-corrected chi connectivity index (χ4v) is 4.21. The van der Waals surface area contributed by atoms with Gasteiger partial charge in [-0.25, -0.2) is 4.98 Å². The maximum absolute atomic E-state index is 9.38. The number of aryl methyl sites for hydroxylation is 2. The third-order valence-corrected chi connectivity index (χ3v) is 5.86. The van der Waals surface area contributed by atoms with Gasteiger partial charge in [0.05, 0.1) is 6.54 Å². The normalized spacial score (nSPS) is 16.1. The Morgan fingerprint density at radius 1 is 1.17 bits per heavy atom. The molecule has 30 heavy (non-hydrogen) atoms. The third kappa shape index (κ3) is 4.77. The number of benzene rings is 2. The molecule has 0 amide bonds. The average Bonchev–Trinajstić information content (AvgIpc) is 3.22. The van der Waals surface area contributed by atoms with Crippen LogP contribution in [0.3, 0.4) is 0 Å². The van der Waals surface area contributed by atoms with Crippen LogP contribution in [0, 0.1) is 6.92 Å². The molecule has 3 aromatic rings. The summed E-state index contributed by atoms with van der Waals surface area (Å²) in [7, 11) is 0. The Kier molecular flexibility index (Phi) is 6.56. The summed E-state index contributed by atoms with van der Waals surface area (Å²) in [5.41, 5.74) is 5.71. The van der Waals surface area contributed by atoms with Gasteiger partial charge in [-0.05, 0) is 54.7 Å². The summed E-state index contributed by atoms with van der Waals surface area (Å²) in [4.78, 5) is 6.75. The molecule has 156 valence electrons. The van der Waals surface area contributed by atoms with Gasteiger partial charge >= 0.3 is 0 Å². The predicted molar refractivity (Wildman–Crippen MR) is 123 cm³/mol. The first-order valence-corrected chi connectivity index (χ1v) is 10.8. The number of pyridine rings is 1. The molecule has 4 nitrogen and oxygen atoms in total. The van der Waals surface area contributed by atoms with Crippen LogP contribution in [-0.4, -0.2) is 35.9 Å². The molecule has 5 heteroatoms. The Bertz CT molecular complexity index is 991. The zero-order valence-electron chi connectivity index (χ0n) is 17.2. The minimum absolute atomic E-state index is 0.120. The molecule has 0 bridgehead atoms. The molecule has 1 aromatic heterocycles. The second-order valence-corrected chi connectivity index (χ2v) is 8.21. The molecule has 0 saturated carbocycles. The van der Waals surface area contributed by atoms with E-state index < -0.39 is 0 Å². The maximum atomic E-state index is 9.38. The van der Waals surface area contributed by atoms with Crippen LogP contribution in [0.25, 0.3) is 11.1 Å². The maximum Gasteiger partial charge on any atom is 0.213 e. The Morgan fingerprint density at radius 2 is 2.03 bits per heavy atom. The number of anilines is 1. The van der Waals surface area contributed by atoms with Crippen LogP contribution in [0.15, 0.2) is 60.8 Å². The standard InChI is InChI=1S/C25H27ClN2O2/c1-18-8-11-25(27-16-18)30-21-12-13-28(17-21)24-10-9-19(15-20(24)5-4-14-29)22-6-2-3-7-23(22)26/h2-3,6-11,15-16,21,29H,4-5,12-14,17H2,1H3/t21-/m0/s1. The van der Waals surface area contributed by atoms with E-state index in [1.807, 2.05) is 49.5 Å². The zero-order valence-corrected chi connectivity index (χ0v) is 18.0. The first kappa shape index (κ1) is 20.7. The van der Waals surface area contributed by atoms with E-state index in [0.717, 1.165) is 54.1 Å². The quantitative estimate of drug-likeness (QED) is 0.561. The molecule has 1 N–H and O–H groups in total. The molecule has 2 aromatic carbocycles. The topological polar surface area (TPSA) is 45.6 Å². The Balaban J connectivity index is 1.54. The van der Waals surface area contributed by atoms with E-state index in [4.69, 9.17) is 16.3 Å². The number of ether oxygens (including phenoxy) is 1. The van der Waals surface area contributed by atoms with E-state index >= 15 is 0 Å². The fourth-order valence-electron chi connectivity index (χ4n) is 3.96. The van der Waals surface area contributed by atoms with E-state index in [1.54, 1.807) is 0 Å². The molecule has 1 fully saturated rings. The summed E-state index contributed by atoms with van der Waals surface area (Å²) in [5.74, 6) is 0.682. The lowest BCUT2D eigenvalue weighted by Gasteiger charge is -2.23. The van der Waals surface area contributed by atoms with Crippen molar-refractivity contribution in [3.8, 4) is 17.0 Å². The first-order chi connectivity index (χ1) is 14.6. The van der Waals surface area contributed by atoms with Crippen LogP contribution in [0.5, 0.6) is 5.88 Å². The molecule has 1 aliphatic rings. The summed E-state index contributed by atoms with van der Waals surface area (Å²) in [6.45, 7) is 3.97. The highest BCUT2D eigenvalue weighted by molar-refractivity contribution is 6.33. The monoisotopic (exact) mass is 422 g/mol. The fraction of sp³-hybridized carbons (Fsp3) is 0.320. The molecule has 4 rings (SSSR count). The Morgan fingerprint density at radius 3 is 2.80 bits per heavy atom. The van der Waals surface area contributed by atoms with Crippen LogP contribution in [-0.2, 0) is 6.42 Å². The molecule has 1 aliphatic heterocycles. The van der Waals surface area contributed by atoms with Gasteiger partial charge in [-0.2, -0.15) is 0 Å². The van der Waals surface area contributed by atoms with Gasteiger partial charge in [-0.15, -0.1) is 0 Å². The van der Waals surface area contributed by atoms with E-state index in [0.29, 0.717) is 5.88 Å². The van der Waals surface area contributed by atoms with Crippen molar-refractivity contribution >= 4 is 17.3 Å². The van der Waals surface area contributed by atoms with Crippen molar-refractivity contribution in [1.29, 1.82) is 0 Å². The van der Waals surface area contributed by atoms with Crippen molar-refractivity contribution in [1.82, 2.24) is 4.98 Å². The van der Waals surface area contributed by atoms with Crippen molar-refractivity contribution < 1.29 is 9.84 Å². The number of halogens is 1. The lowest BCUT2D eigenvalue weighted by Crippen LogP contribution is -2.25. The minimum Gasteiger partial charge on any atom is -0.472 e. The molecule has 2 heterocycles. The smallest absolute Gasteiger partial charge is 0.213 e. The highest BCUT2D eigenvalue weighted by Gasteiger charge is 2.26. The number of hydrogen-bond donors (Lipinski definition) is 1. The third-order valence-electron chi connectivity index (χ3n) is 5.53. The number of rotatable bonds is 7. The van der Waals surface area contributed by atoms with E-state index in [2.05, 4.69) is 28.1 Å². The molecule has 0 unspecified atom stereocenters. The van der Waals surface area contributed by atoms with E-state index in [9.17, 15) is 5.11 Å². The van der Waals surface area contributed by atoms with Crippen molar-refractivity contribution in [3.05, 3.63) is 76.9 Å². The highest BCUT2D eigenvalue weighted by Crippen LogP contribution is 2.34. The lowest BCUT2D eigenvalue weighted by molar-refractivity contribution is 0.216. The zero-order chi connectivity index (χ0) is 20.9. The summed E-state index contributed by atoms with van der Waals surface area (Å²) >= 11 is 6.42. The Labute approximate surface area is 183 Å². The van der Waals surface area contributed by atoms with Gasteiger partial charge in [-0.1, -0.05) is 41.9 Å². The van der Waals surface area contributed by atoms with Gasteiger partial charge in [0, 0.05) is 48.1 Å². The van der Waals surface area contributed by atoms with Crippen molar-refractivity contribution in [3.63, 3.8) is 0 Å². The van der Waals surface area contributed by atoms with Gasteiger partial charge < -0.3 is 14.7 Å². The van der Waals surface area contributed by atoms with E-state index in [1.165, 1.54) is 11.3 Å². The number of aliphatic hydroxyl groups excluding tert-OH is 1. The van der Waals surface area contributed by atoms with Crippen molar-refractivity contribution in [2.75, 3.05) is 24.6 Å². The minimum atomic E-state index is 0.120. The Hall–Kier alpha value is -2.56. The molecule has 0 aliphatic carbocycles. The van der Waals surface area contributed by atoms with Crippen LogP contribution in [0.4, 0.5) is 5.69 Å². The van der Waals surface area contributed by atoms with Crippen molar-refractivity contribution in [2.45, 2.75) is 32.3 Å². The van der Waals surface area contributed by atoms with Crippen LogP contribution in [0.2, 0.25) is 5.02 Å². The molecule has 0 spiro atoms. The molecule has 1 atom stereocenters. The van der Waals surface area contributed by atoms with Crippen molar-refractivity contribution in [2.24, 2.45) is 0 Å². The number of hydrogen-bond acceptors (Lipinski definition) is 4. The van der Waals surface area contributed by atoms with Crippen LogP contribution >= 0.6 is 11.6 Å². The second kappa shape index (κ2) is 9.50. The largest absolute Gasteiger partial charge is 0.472 e. The lowest BCUT2D eigenvalue weighted by atomic mass is 9.98. The number of nitrogens with zero attached hydrogens (tertiary/aromatic N) is 2. The SMILES string of the molecule is Cc1ccc(O[C@H]2CCN(c3ccc(-c4ccccc4Cl)cc3CCCO)C2)nc1. The number of aliphatic hydroxyl groups is 1. The van der Waals surface area contributed by atoms with Gasteiger partial charge in [0.15, 0.2) is 0 Å².